The Morgan fingerprint density at radius 1 is 1.13 bits per heavy atom. The van der Waals surface area contributed by atoms with Crippen molar-refractivity contribution in [1.29, 1.82) is 0 Å². The van der Waals surface area contributed by atoms with Crippen molar-refractivity contribution >= 4 is 11.9 Å². The zero-order chi connectivity index (χ0) is 16.7. The number of nitrogens with one attached hydrogen (secondary N) is 2. The van der Waals surface area contributed by atoms with Gasteiger partial charge in [-0.1, -0.05) is 44.2 Å². The largest absolute Gasteiger partial charge is 0.334 e. The van der Waals surface area contributed by atoms with Gasteiger partial charge >= 0.3 is 6.03 Å². The first-order valence-electron chi connectivity index (χ1n) is 8.37. The van der Waals surface area contributed by atoms with Crippen molar-refractivity contribution in [2.45, 2.75) is 33.2 Å². The first-order chi connectivity index (χ1) is 11.0. The fourth-order valence-corrected chi connectivity index (χ4v) is 3.25. The van der Waals surface area contributed by atoms with Crippen LogP contribution in [0.25, 0.3) is 0 Å². The van der Waals surface area contributed by atoms with Crippen LogP contribution in [0.1, 0.15) is 32.3 Å². The zero-order valence-corrected chi connectivity index (χ0v) is 14.0. The minimum Gasteiger partial charge on any atom is -0.334 e. The van der Waals surface area contributed by atoms with E-state index in [0.29, 0.717) is 31.3 Å². The zero-order valence-electron chi connectivity index (χ0n) is 14.0. The van der Waals surface area contributed by atoms with Gasteiger partial charge in [-0.2, -0.15) is 0 Å². The number of carbonyl (C=O) groups excluding carboxylic acids is 2. The van der Waals surface area contributed by atoms with Gasteiger partial charge in [-0.3, -0.25) is 10.1 Å². The summed E-state index contributed by atoms with van der Waals surface area (Å²) in [6, 6.07) is 9.19. The van der Waals surface area contributed by atoms with Crippen LogP contribution in [0.2, 0.25) is 0 Å². The molecule has 5 heteroatoms. The van der Waals surface area contributed by atoms with Crippen molar-refractivity contribution in [3.8, 4) is 0 Å². The second-order valence-corrected chi connectivity index (χ2v) is 6.67. The second-order valence-electron chi connectivity index (χ2n) is 6.67. The molecule has 0 radical (unpaired) electrons. The number of nitrogens with zero attached hydrogens (tertiary/aromatic N) is 1. The highest BCUT2D eigenvalue weighted by molar-refractivity contribution is 5.94. The molecule has 0 spiro atoms. The maximum absolute atomic E-state index is 11.9. The number of benzene rings is 1. The number of likely N-dealkylation sites (tertiary alicyclic amines) is 1. The van der Waals surface area contributed by atoms with Crippen LogP contribution < -0.4 is 10.6 Å². The molecule has 0 aromatic heterocycles. The lowest BCUT2D eigenvalue weighted by atomic mass is 9.92. The maximum Gasteiger partial charge on any atom is 0.321 e. The molecule has 2 rings (SSSR count). The SMILES string of the molecule is CC1CC(C)CN(CCC(=O)NC(=O)NCc2ccccc2)C1. The molecule has 0 bridgehead atoms. The molecule has 23 heavy (non-hydrogen) atoms. The summed E-state index contributed by atoms with van der Waals surface area (Å²) >= 11 is 0. The van der Waals surface area contributed by atoms with Gasteiger partial charge in [0.25, 0.3) is 0 Å². The van der Waals surface area contributed by atoms with Gasteiger partial charge in [-0.05, 0) is 23.8 Å². The molecule has 1 fully saturated rings. The molecule has 126 valence electrons. The van der Waals surface area contributed by atoms with E-state index in [1.807, 2.05) is 30.3 Å². The third-order valence-electron chi connectivity index (χ3n) is 4.15. The number of hydrogen-bond donors (Lipinski definition) is 2. The van der Waals surface area contributed by atoms with E-state index < -0.39 is 6.03 Å². The molecular formula is C18H27N3O2. The van der Waals surface area contributed by atoms with E-state index >= 15 is 0 Å². The Kier molecular flexibility index (Phi) is 6.59. The van der Waals surface area contributed by atoms with E-state index in [2.05, 4.69) is 29.4 Å². The summed E-state index contributed by atoms with van der Waals surface area (Å²) < 4.78 is 0. The normalized spacial score (nSPS) is 21.7. The molecule has 2 atom stereocenters. The predicted molar refractivity (Wildman–Crippen MR) is 90.8 cm³/mol. The average Bonchev–Trinajstić information content (AvgIpc) is 2.51. The van der Waals surface area contributed by atoms with E-state index in [9.17, 15) is 9.59 Å². The molecule has 1 aliphatic heterocycles. The third kappa shape index (κ3) is 6.40. The smallest absolute Gasteiger partial charge is 0.321 e. The molecule has 1 saturated heterocycles. The molecule has 5 nitrogen and oxygen atoms in total. The number of imide groups is 1. The average molecular weight is 317 g/mol. The Labute approximate surface area is 138 Å². The van der Waals surface area contributed by atoms with Crippen LogP contribution in [0.4, 0.5) is 4.79 Å². The van der Waals surface area contributed by atoms with E-state index in [4.69, 9.17) is 0 Å². The highest BCUT2D eigenvalue weighted by Gasteiger charge is 2.22. The molecule has 0 saturated carbocycles. The number of urea groups is 1. The van der Waals surface area contributed by atoms with Crippen molar-refractivity contribution in [2.75, 3.05) is 19.6 Å². The van der Waals surface area contributed by atoms with Gasteiger partial charge in [0.15, 0.2) is 0 Å². The van der Waals surface area contributed by atoms with Gasteiger partial charge < -0.3 is 10.2 Å². The summed E-state index contributed by atoms with van der Waals surface area (Å²) in [5.74, 6) is 1.13. The van der Waals surface area contributed by atoms with Crippen molar-refractivity contribution in [3.05, 3.63) is 35.9 Å². The lowest BCUT2D eigenvalue weighted by molar-refractivity contribution is -0.120. The first-order valence-corrected chi connectivity index (χ1v) is 8.37. The van der Waals surface area contributed by atoms with Crippen molar-refractivity contribution < 1.29 is 9.59 Å². The summed E-state index contributed by atoms with van der Waals surface area (Å²) in [6.45, 7) is 7.71. The van der Waals surface area contributed by atoms with Crippen LogP contribution in [0.3, 0.4) is 0 Å². The third-order valence-corrected chi connectivity index (χ3v) is 4.15. The Morgan fingerprint density at radius 2 is 1.78 bits per heavy atom. The van der Waals surface area contributed by atoms with Gasteiger partial charge in [0.05, 0.1) is 0 Å². The maximum atomic E-state index is 11.9. The van der Waals surface area contributed by atoms with E-state index in [0.717, 1.165) is 18.7 Å². The standard InChI is InChI=1S/C18H27N3O2/c1-14-10-15(2)13-21(12-14)9-8-17(22)20-18(23)19-11-16-6-4-3-5-7-16/h3-7,14-15H,8-13H2,1-2H3,(H2,19,20,22,23). The molecule has 2 unspecified atom stereocenters. The number of piperidine rings is 1. The second kappa shape index (κ2) is 8.67. The Hall–Kier alpha value is -1.88. The van der Waals surface area contributed by atoms with Gasteiger partial charge in [-0.25, -0.2) is 4.79 Å². The lowest BCUT2D eigenvalue weighted by Crippen LogP contribution is -2.43. The minimum absolute atomic E-state index is 0.221. The van der Waals surface area contributed by atoms with Crippen LogP contribution in [0, 0.1) is 11.8 Å². The van der Waals surface area contributed by atoms with Crippen molar-refractivity contribution in [2.24, 2.45) is 11.8 Å². The Balaban J connectivity index is 1.65. The summed E-state index contributed by atoms with van der Waals surface area (Å²) in [5.41, 5.74) is 1.01. The molecule has 1 heterocycles. The van der Waals surface area contributed by atoms with Crippen LogP contribution in [-0.2, 0) is 11.3 Å². The molecule has 1 aromatic rings. The number of rotatable bonds is 5. The predicted octanol–water partition coefficient (Wildman–Crippen LogP) is 2.38. The summed E-state index contributed by atoms with van der Waals surface area (Å²) in [5, 5.41) is 5.09. The molecule has 2 N–H and O–H groups in total. The fourth-order valence-electron chi connectivity index (χ4n) is 3.25. The number of carbonyl (C=O) groups is 2. The van der Waals surface area contributed by atoms with Crippen LogP contribution in [0.5, 0.6) is 0 Å². The molecule has 3 amide bonds. The van der Waals surface area contributed by atoms with Crippen LogP contribution in [0.15, 0.2) is 30.3 Å². The van der Waals surface area contributed by atoms with Crippen molar-refractivity contribution in [1.82, 2.24) is 15.5 Å². The monoisotopic (exact) mass is 317 g/mol. The van der Waals surface area contributed by atoms with Gasteiger partial charge in [-0.15, -0.1) is 0 Å². The van der Waals surface area contributed by atoms with Gasteiger partial charge in [0.2, 0.25) is 5.91 Å². The van der Waals surface area contributed by atoms with Gasteiger partial charge in [0.1, 0.15) is 0 Å². The molecule has 1 aromatic carbocycles. The topological polar surface area (TPSA) is 61.4 Å². The first kappa shape index (κ1) is 17.5. The number of amides is 3. The van der Waals surface area contributed by atoms with Crippen LogP contribution >= 0.6 is 0 Å². The van der Waals surface area contributed by atoms with E-state index in [1.165, 1.54) is 6.42 Å². The summed E-state index contributed by atoms with van der Waals surface area (Å²) in [6.07, 6.45) is 1.61. The number of hydrogen-bond acceptors (Lipinski definition) is 3. The quantitative estimate of drug-likeness (QED) is 0.876. The van der Waals surface area contributed by atoms with E-state index in [1.54, 1.807) is 0 Å². The van der Waals surface area contributed by atoms with Crippen LogP contribution in [-0.4, -0.2) is 36.5 Å². The summed E-state index contributed by atoms with van der Waals surface area (Å²) in [7, 11) is 0. The highest BCUT2D eigenvalue weighted by atomic mass is 16.2. The molecule has 1 aliphatic rings. The minimum atomic E-state index is -0.431. The lowest BCUT2D eigenvalue weighted by Gasteiger charge is -2.34. The summed E-state index contributed by atoms with van der Waals surface area (Å²) in [4.78, 5) is 25.9. The molecule has 0 aliphatic carbocycles. The van der Waals surface area contributed by atoms with E-state index in [-0.39, 0.29) is 5.91 Å². The van der Waals surface area contributed by atoms with Crippen molar-refractivity contribution in [3.63, 3.8) is 0 Å². The Morgan fingerprint density at radius 3 is 2.43 bits per heavy atom. The molecular weight excluding hydrogens is 290 g/mol. The highest BCUT2D eigenvalue weighted by Crippen LogP contribution is 2.20. The fraction of sp³-hybridized carbons (Fsp3) is 0.556. The Bertz CT molecular complexity index is 508. The van der Waals surface area contributed by atoms with Gasteiger partial charge in [0, 0.05) is 32.6 Å².